The van der Waals surface area contributed by atoms with Crippen LogP contribution in [0.1, 0.15) is 20.8 Å². The van der Waals surface area contributed by atoms with Crippen molar-refractivity contribution in [3.63, 3.8) is 0 Å². The third-order valence-corrected chi connectivity index (χ3v) is 8.16. The second-order valence-electron chi connectivity index (χ2n) is 6.22. The van der Waals surface area contributed by atoms with Crippen LogP contribution in [0, 0.1) is 0 Å². The molecule has 0 bridgehead atoms. The Morgan fingerprint density at radius 1 is 0.850 bits per heavy atom. The predicted octanol–water partition coefficient (Wildman–Crippen LogP) is 4.10. The van der Waals surface area contributed by atoms with Gasteiger partial charge in [-0.15, -0.1) is 0 Å². The van der Waals surface area contributed by atoms with E-state index in [9.17, 15) is 0 Å². The zero-order valence-electron chi connectivity index (χ0n) is 13.8. The first-order valence-corrected chi connectivity index (χ1v) is 9.56. The van der Waals surface area contributed by atoms with Crippen LogP contribution in [-0.4, -0.2) is 29.6 Å². The zero-order valence-corrected chi connectivity index (χ0v) is 14.8. The lowest BCUT2D eigenvalue weighted by atomic mass is 10.2. The normalized spacial score (nSPS) is 12.0. The van der Waals surface area contributed by atoms with Gasteiger partial charge in [0.1, 0.15) is 5.75 Å². The molecule has 114 valence electrons. The van der Waals surface area contributed by atoms with E-state index in [1.165, 1.54) is 0 Å². The molecule has 0 aliphatic rings. The van der Waals surface area contributed by atoms with Crippen LogP contribution in [0.4, 0.5) is 0 Å². The Hall–Kier alpha value is -1.36. The molecule has 1 rings (SSSR count). The summed E-state index contributed by atoms with van der Waals surface area (Å²) in [7, 11) is 2.88. The van der Waals surface area contributed by atoms with Gasteiger partial charge < -0.3 is 18.6 Å². The Morgan fingerprint density at radius 2 is 1.30 bits per heavy atom. The van der Waals surface area contributed by atoms with Crippen molar-refractivity contribution in [2.24, 2.45) is 0 Å². The number of methoxy groups -OCH3 is 3. The van der Waals surface area contributed by atoms with Gasteiger partial charge in [-0.25, -0.2) is 0 Å². The fourth-order valence-electron chi connectivity index (χ4n) is 1.48. The molecule has 0 heterocycles. The van der Waals surface area contributed by atoms with Crippen molar-refractivity contribution in [2.45, 2.75) is 38.9 Å². The molecule has 0 saturated carbocycles. The summed E-state index contributed by atoms with van der Waals surface area (Å²) in [5.74, 6) is 2.60. The fourth-order valence-corrected chi connectivity index (χ4v) is 2.50. The second kappa shape index (κ2) is 5.95. The number of hydrogen-bond donors (Lipinski definition) is 0. The van der Waals surface area contributed by atoms with Crippen LogP contribution in [0.2, 0.25) is 18.1 Å². The smallest absolute Gasteiger partial charge is 0.250 e. The summed E-state index contributed by atoms with van der Waals surface area (Å²) < 4.78 is 22.4. The molecule has 0 spiro atoms. The minimum absolute atomic E-state index is 0.100. The second-order valence-corrected chi connectivity index (χ2v) is 10.9. The van der Waals surface area contributed by atoms with Crippen molar-refractivity contribution in [2.75, 3.05) is 21.3 Å². The summed E-state index contributed by atoms with van der Waals surface area (Å²) in [5.41, 5.74) is 0. The maximum Gasteiger partial charge on any atom is 0.250 e. The molecule has 0 atom stereocenters. The summed E-state index contributed by atoms with van der Waals surface area (Å²) in [6, 6.07) is 3.62. The van der Waals surface area contributed by atoms with Crippen LogP contribution >= 0.6 is 0 Å². The minimum Gasteiger partial charge on any atom is -0.539 e. The van der Waals surface area contributed by atoms with Gasteiger partial charge in [-0.2, -0.15) is 0 Å². The Morgan fingerprint density at radius 3 is 1.60 bits per heavy atom. The molecule has 0 aromatic heterocycles. The van der Waals surface area contributed by atoms with E-state index >= 15 is 0 Å². The summed E-state index contributed by atoms with van der Waals surface area (Å²) in [6.07, 6.45) is 0. The van der Waals surface area contributed by atoms with E-state index in [-0.39, 0.29) is 5.04 Å². The molecule has 20 heavy (non-hydrogen) atoms. The average molecular weight is 298 g/mol. The standard InChI is InChI=1S/C15H26O4Si/c1-15(2,3)20(7,8)19-14-12(17-5)9-11(16-4)10-13(14)18-6/h9-10H,1-8H3. The maximum absolute atomic E-state index is 6.34. The molecule has 5 heteroatoms. The Balaban J connectivity index is 3.30. The van der Waals surface area contributed by atoms with Gasteiger partial charge in [0, 0.05) is 12.1 Å². The molecule has 1 aromatic rings. The van der Waals surface area contributed by atoms with Crippen LogP contribution in [0.25, 0.3) is 0 Å². The van der Waals surface area contributed by atoms with Crippen molar-refractivity contribution >= 4 is 8.32 Å². The van der Waals surface area contributed by atoms with Crippen LogP contribution in [0.5, 0.6) is 23.0 Å². The predicted molar refractivity (Wildman–Crippen MR) is 83.9 cm³/mol. The Bertz CT molecular complexity index is 438. The molecule has 0 aliphatic heterocycles. The van der Waals surface area contributed by atoms with Gasteiger partial charge in [-0.3, -0.25) is 0 Å². The molecule has 0 amide bonds. The van der Waals surface area contributed by atoms with E-state index in [1.807, 2.05) is 12.1 Å². The first-order chi connectivity index (χ1) is 9.16. The van der Waals surface area contributed by atoms with Crippen molar-refractivity contribution in [3.8, 4) is 23.0 Å². The highest BCUT2D eigenvalue weighted by molar-refractivity contribution is 6.74. The number of hydrogen-bond acceptors (Lipinski definition) is 4. The number of ether oxygens (including phenoxy) is 3. The van der Waals surface area contributed by atoms with Crippen molar-refractivity contribution in [3.05, 3.63) is 12.1 Å². The van der Waals surface area contributed by atoms with Gasteiger partial charge in [0.2, 0.25) is 0 Å². The van der Waals surface area contributed by atoms with Gasteiger partial charge in [0.05, 0.1) is 21.3 Å². The first kappa shape index (κ1) is 16.7. The fraction of sp³-hybridized carbons (Fsp3) is 0.600. The van der Waals surface area contributed by atoms with E-state index < -0.39 is 8.32 Å². The molecular weight excluding hydrogens is 272 g/mol. The highest BCUT2D eigenvalue weighted by Crippen LogP contribution is 2.46. The van der Waals surface area contributed by atoms with Crippen molar-refractivity contribution < 1.29 is 18.6 Å². The van der Waals surface area contributed by atoms with Crippen LogP contribution in [0.15, 0.2) is 12.1 Å². The molecule has 0 N–H and O–H groups in total. The van der Waals surface area contributed by atoms with E-state index in [4.69, 9.17) is 18.6 Å². The molecule has 1 aromatic carbocycles. The van der Waals surface area contributed by atoms with Gasteiger partial charge >= 0.3 is 0 Å². The monoisotopic (exact) mass is 298 g/mol. The highest BCUT2D eigenvalue weighted by atomic mass is 28.4. The van der Waals surface area contributed by atoms with E-state index in [2.05, 4.69) is 33.9 Å². The Kier molecular flexibility index (Phi) is 4.97. The minimum atomic E-state index is -1.97. The molecular formula is C15H26O4Si. The lowest BCUT2D eigenvalue weighted by Gasteiger charge is -2.37. The van der Waals surface area contributed by atoms with E-state index in [0.29, 0.717) is 23.0 Å². The average Bonchev–Trinajstić information content (AvgIpc) is 2.37. The van der Waals surface area contributed by atoms with Crippen molar-refractivity contribution in [1.82, 2.24) is 0 Å². The van der Waals surface area contributed by atoms with E-state index in [1.54, 1.807) is 21.3 Å². The Labute approximate surface area is 123 Å². The van der Waals surface area contributed by atoms with Crippen molar-refractivity contribution in [1.29, 1.82) is 0 Å². The van der Waals surface area contributed by atoms with Crippen LogP contribution < -0.4 is 18.6 Å². The highest BCUT2D eigenvalue weighted by Gasteiger charge is 2.40. The lowest BCUT2D eigenvalue weighted by molar-refractivity contribution is 0.345. The summed E-state index contributed by atoms with van der Waals surface area (Å²) in [5, 5.41) is 0.100. The summed E-state index contributed by atoms with van der Waals surface area (Å²) >= 11 is 0. The summed E-state index contributed by atoms with van der Waals surface area (Å²) in [4.78, 5) is 0. The topological polar surface area (TPSA) is 36.9 Å². The van der Waals surface area contributed by atoms with Crippen LogP contribution in [0.3, 0.4) is 0 Å². The van der Waals surface area contributed by atoms with Gasteiger partial charge in [0.15, 0.2) is 17.2 Å². The molecule has 0 fully saturated rings. The third-order valence-electron chi connectivity index (χ3n) is 3.83. The third kappa shape index (κ3) is 3.39. The lowest BCUT2D eigenvalue weighted by Crippen LogP contribution is -2.44. The number of benzene rings is 1. The first-order valence-electron chi connectivity index (χ1n) is 6.65. The van der Waals surface area contributed by atoms with Gasteiger partial charge in [0.25, 0.3) is 8.32 Å². The SMILES string of the molecule is COc1cc(OC)c(O[Si](C)(C)C(C)(C)C)c(OC)c1. The molecule has 0 aliphatic carbocycles. The maximum atomic E-state index is 6.34. The molecule has 4 nitrogen and oxygen atoms in total. The van der Waals surface area contributed by atoms with E-state index in [0.717, 1.165) is 0 Å². The molecule has 0 saturated heterocycles. The van der Waals surface area contributed by atoms with Gasteiger partial charge in [-0.05, 0) is 18.1 Å². The zero-order chi connectivity index (χ0) is 15.6. The summed E-state index contributed by atoms with van der Waals surface area (Å²) in [6.45, 7) is 11.0. The molecule has 0 unspecified atom stereocenters. The largest absolute Gasteiger partial charge is 0.539 e. The van der Waals surface area contributed by atoms with Crippen LogP contribution in [-0.2, 0) is 0 Å². The number of rotatable bonds is 5. The van der Waals surface area contributed by atoms with Gasteiger partial charge in [-0.1, -0.05) is 20.8 Å². The quantitative estimate of drug-likeness (QED) is 0.767. The molecule has 0 radical (unpaired) electrons.